The van der Waals surface area contributed by atoms with Gasteiger partial charge < -0.3 is 5.32 Å². The third-order valence-electron chi connectivity index (χ3n) is 4.49. The maximum absolute atomic E-state index is 13.3. The summed E-state index contributed by atoms with van der Waals surface area (Å²) in [6, 6.07) is 10.5. The lowest BCUT2D eigenvalue weighted by Gasteiger charge is -2.25. The Balaban J connectivity index is 2.03. The molecule has 0 radical (unpaired) electrons. The van der Waals surface area contributed by atoms with E-state index >= 15 is 0 Å². The number of hydrogen-bond acceptors (Lipinski definition) is 3. The minimum Gasteiger partial charge on any atom is -0.325 e. The van der Waals surface area contributed by atoms with Crippen LogP contribution in [0.4, 0.5) is 10.1 Å². The fraction of sp³-hybridized carbons (Fsp3) is 0.316. The van der Waals surface area contributed by atoms with Crippen LogP contribution in [0.2, 0.25) is 0 Å². The fourth-order valence-corrected chi connectivity index (χ4v) is 5.22. The van der Waals surface area contributed by atoms with Gasteiger partial charge in [0.05, 0.1) is 11.7 Å². The van der Waals surface area contributed by atoms with Gasteiger partial charge in [0.15, 0.2) is 0 Å². The minimum atomic E-state index is -3.82. The normalized spacial score (nSPS) is 18.0. The zero-order valence-corrected chi connectivity index (χ0v) is 15.5. The van der Waals surface area contributed by atoms with E-state index in [9.17, 15) is 17.6 Å². The number of halogens is 1. The molecule has 0 aliphatic carbocycles. The molecule has 0 bridgehead atoms. The molecule has 1 N–H and O–H groups in total. The van der Waals surface area contributed by atoms with Crippen LogP contribution in [0.3, 0.4) is 0 Å². The van der Waals surface area contributed by atoms with E-state index in [4.69, 9.17) is 0 Å². The highest BCUT2D eigenvalue weighted by atomic mass is 32.2. The van der Waals surface area contributed by atoms with Crippen LogP contribution in [0.5, 0.6) is 0 Å². The lowest BCUT2D eigenvalue weighted by molar-refractivity contribution is -0.114. The number of benzene rings is 2. The zero-order chi connectivity index (χ0) is 18.9. The van der Waals surface area contributed by atoms with Crippen molar-refractivity contribution in [2.24, 2.45) is 0 Å². The van der Waals surface area contributed by atoms with Gasteiger partial charge in [-0.1, -0.05) is 18.2 Å². The van der Waals surface area contributed by atoms with E-state index in [2.05, 4.69) is 5.32 Å². The summed E-state index contributed by atoms with van der Waals surface area (Å²) >= 11 is 0. The summed E-state index contributed by atoms with van der Waals surface area (Å²) in [7, 11) is -3.82. The number of sulfonamides is 1. The summed E-state index contributed by atoms with van der Waals surface area (Å²) < 4.78 is 41.3. The van der Waals surface area contributed by atoms with Crippen LogP contribution in [0.1, 0.15) is 36.9 Å². The quantitative estimate of drug-likeness (QED) is 0.886. The molecule has 138 valence electrons. The zero-order valence-electron chi connectivity index (χ0n) is 14.7. The number of nitrogens with zero attached hydrogens (tertiary/aromatic N) is 1. The summed E-state index contributed by atoms with van der Waals surface area (Å²) in [4.78, 5) is 11.5. The summed E-state index contributed by atoms with van der Waals surface area (Å²) in [6.45, 7) is 3.53. The second kappa shape index (κ2) is 7.17. The Hall–Kier alpha value is -2.25. The van der Waals surface area contributed by atoms with Crippen molar-refractivity contribution < 1.29 is 17.6 Å². The van der Waals surface area contributed by atoms with E-state index in [1.165, 1.54) is 23.4 Å². The first-order valence-corrected chi connectivity index (χ1v) is 9.88. The van der Waals surface area contributed by atoms with Gasteiger partial charge in [-0.15, -0.1) is 0 Å². The smallest absolute Gasteiger partial charge is 0.245 e. The summed E-state index contributed by atoms with van der Waals surface area (Å²) in [5.41, 5.74) is 1.82. The van der Waals surface area contributed by atoms with Crippen LogP contribution in [0, 0.1) is 12.7 Å². The summed E-state index contributed by atoms with van der Waals surface area (Å²) in [5, 5.41) is 2.60. The van der Waals surface area contributed by atoms with Gasteiger partial charge in [0, 0.05) is 13.5 Å². The Kier molecular flexibility index (Phi) is 5.11. The molecule has 1 fully saturated rings. The molecule has 3 rings (SSSR count). The molecule has 1 amide bonds. The molecule has 2 aromatic carbocycles. The van der Waals surface area contributed by atoms with Gasteiger partial charge in [0.1, 0.15) is 10.7 Å². The molecular formula is C19H21FN2O3S. The van der Waals surface area contributed by atoms with Crippen molar-refractivity contribution in [2.75, 3.05) is 11.9 Å². The van der Waals surface area contributed by atoms with Crippen molar-refractivity contribution in [1.29, 1.82) is 0 Å². The monoisotopic (exact) mass is 376 g/mol. The van der Waals surface area contributed by atoms with Crippen LogP contribution in [-0.2, 0) is 14.8 Å². The highest BCUT2D eigenvalue weighted by molar-refractivity contribution is 7.89. The molecule has 5 nitrogen and oxygen atoms in total. The molecule has 26 heavy (non-hydrogen) atoms. The van der Waals surface area contributed by atoms with Crippen molar-refractivity contribution in [3.63, 3.8) is 0 Å². The van der Waals surface area contributed by atoms with Gasteiger partial charge in [-0.05, 0) is 55.2 Å². The number of nitrogens with one attached hydrogen (secondary N) is 1. The van der Waals surface area contributed by atoms with Crippen LogP contribution in [0.15, 0.2) is 47.4 Å². The Morgan fingerprint density at radius 1 is 1.19 bits per heavy atom. The number of aryl methyl sites for hydroxylation is 1. The standard InChI is InChI=1S/C19H21FN2O3S/c1-13-5-10-17(21-14(2)23)19(12-13)26(24,25)22-11-3-4-18(22)15-6-8-16(20)9-7-15/h5-10,12,18H,3-4,11H2,1-2H3,(H,21,23)/t18-/m1/s1. The predicted molar refractivity (Wildman–Crippen MR) is 97.7 cm³/mol. The number of hydrogen-bond donors (Lipinski definition) is 1. The average molecular weight is 376 g/mol. The number of carbonyl (C=O) groups excluding carboxylic acids is 1. The first-order chi connectivity index (χ1) is 12.3. The molecule has 0 saturated carbocycles. The molecule has 1 aliphatic heterocycles. The Bertz CT molecular complexity index is 926. The minimum absolute atomic E-state index is 0.0849. The van der Waals surface area contributed by atoms with Crippen LogP contribution < -0.4 is 5.32 Å². The number of anilines is 1. The van der Waals surface area contributed by atoms with Crippen LogP contribution in [-0.4, -0.2) is 25.2 Å². The van der Waals surface area contributed by atoms with Crippen LogP contribution in [0.25, 0.3) is 0 Å². The number of amides is 1. The van der Waals surface area contributed by atoms with Crippen molar-refractivity contribution in [3.05, 3.63) is 59.4 Å². The van der Waals surface area contributed by atoms with E-state index < -0.39 is 10.0 Å². The largest absolute Gasteiger partial charge is 0.325 e. The Labute approximate surface area is 152 Å². The van der Waals surface area contributed by atoms with Gasteiger partial charge in [-0.25, -0.2) is 12.8 Å². The average Bonchev–Trinajstić information content (AvgIpc) is 3.07. The first-order valence-electron chi connectivity index (χ1n) is 8.44. The molecule has 1 saturated heterocycles. The second-order valence-corrected chi connectivity index (χ2v) is 8.37. The lowest BCUT2D eigenvalue weighted by Crippen LogP contribution is -2.31. The van der Waals surface area contributed by atoms with E-state index in [1.54, 1.807) is 37.3 Å². The van der Waals surface area contributed by atoms with Crippen molar-refractivity contribution >= 4 is 21.6 Å². The molecule has 0 aromatic heterocycles. The molecule has 0 spiro atoms. The van der Waals surface area contributed by atoms with Crippen molar-refractivity contribution in [3.8, 4) is 0 Å². The SMILES string of the molecule is CC(=O)Nc1ccc(C)cc1S(=O)(=O)N1CCC[C@@H]1c1ccc(F)cc1. The maximum atomic E-state index is 13.3. The van der Waals surface area contributed by atoms with E-state index in [-0.39, 0.29) is 28.3 Å². The van der Waals surface area contributed by atoms with Gasteiger partial charge in [0.25, 0.3) is 0 Å². The first kappa shape index (κ1) is 18.5. The van der Waals surface area contributed by atoms with Crippen LogP contribution >= 0.6 is 0 Å². The summed E-state index contributed by atoms with van der Waals surface area (Å²) in [5.74, 6) is -0.686. The number of carbonyl (C=O) groups is 1. The van der Waals surface area contributed by atoms with E-state index in [0.717, 1.165) is 17.5 Å². The van der Waals surface area contributed by atoms with E-state index in [1.807, 2.05) is 0 Å². The second-order valence-electron chi connectivity index (χ2n) is 6.51. The van der Waals surface area contributed by atoms with Gasteiger partial charge in [-0.3, -0.25) is 4.79 Å². The highest BCUT2D eigenvalue weighted by Crippen LogP contribution is 2.38. The molecule has 1 aliphatic rings. The molecule has 7 heteroatoms. The maximum Gasteiger partial charge on any atom is 0.245 e. The number of rotatable bonds is 4. The van der Waals surface area contributed by atoms with Crippen molar-refractivity contribution in [1.82, 2.24) is 4.31 Å². The highest BCUT2D eigenvalue weighted by Gasteiger charge is 2.37. The molecule has 1 atom stereocenters. The Morgan fingerprint density at radius 2 is 1.88 bits per heavy atom. The van der Waals surface area contributed by atoms with Gasteiger partial charge in [-0.2, -0.15) is 4.31 Å². The molecular weight excluding hydrogens is 355 g/mol. The van der Waals surface area contributed by atoms with E-state index in [0.29, 0.717) is 13.0 Å². The Morgan fingerprint density at radius 3 is 2.54 bits per heavy atom. The third-order valence-corrected chi connectivity index (χ3v) is 6.44. The lowest BCUT2D eigenvalue weighted by atomic mass is 10.1. The van der Waals surface area contributed by atoms with Gasteiger partial charge >= 0.3 is 0 Å². The molecule has 2 aromatic rings. The fourth-order valence-electron chi connectivity index (χ4n) is 3.31. The van der Waals surface area contributed by atoms with Gasteiger partial charge in [0.2, 0.25) is 15.9 Å². The molecule has 1 heterocycles. The molecule has 0 unspecified atom stereocenters. The predicted octanol–water partition coefficient (Wildman–Crippen LogP) is 3.62. The van der Waals surface area contributed by atoms with Crippen molar-refractivity contribution in [2.45, 2.75) is 37.6 Å². The summed E-state index contributed by atoms with van der Waals surface area (Å²) in [6.07, 6.45) is 1.40. The third kappa shape index (κ3) is 3.64. The topological polar surface area (TPSA) is 66.5 Å².